The van der Waals surface area contributed by atoms with E-state index in [-0.39, 0.29) is 0 Å². The molecule has 16 heavy (non-hydrogen) atoms. The van der Waals surface area contributed by atoms with Crippen molar-refractivity contribution in [3.05, 3.63) is 15.5 Å². The van der Waals surface area contributed by atoms with Gasteiger partial charge < -0.3 is 4.90 Å². The predicted molar refractivity (Wildman–Crippen MR) is 67.6 cm³/mol. The van der Waals surface area contributed by atoms with Crippen LogP contribution in [0, 0.1) is 5.41 Å². The second-order valence-corrected chi connectivity index (χ2v) is 5.27. The van der Waals surface area contributed by atoms with E-state index in [2.05, 4.69) is 21.8 Å². The third-order valence-electron chi connectivity index (χ3n) is 2.47. The number of hydrogen-bond donors (Lipinski definition) is 1. The molecule has 0 saturated heterocycles. The van der Waals surface area contributed by atoms with Crippen molar-refractivity contribution < 1.29 is 0 Å². The fraction of sp³-hybridized carbons (Fsp3) is 0.500. The normalized spacial score (nSPS) is 15.4. The molecule has 1 aromatic rings. The van der Waals surface area contributed by atoms with E-state index in [4.69, 9.17) is 17.0 Å². The van der Waals surface area contributed by atoms with Crippen LogP contribution < -0.4 is 0 Å². The Bertz CT molecular complexity index is 426. The molecule has 0 bridgehead atoms. The molecule has 2 heterocycles. The van der Waals surface area contributed by atoms with Gasteiger partial charge in [0, 0.05) is 30.5 Å². The Morgan fingerprint density at radius 1 is 1.56 bits per heavy atom. The SMILES string of the molecule is CCN(Cc1cnc(Cl)s1)C1=NC(=N)CC1. The topological polar surface area (TPSA) is 52.3 Å². The molecular weight excluding hydrogens is 244 g/mol. The molecule has 0 atom stereocenters. The molecule has 0 aliphatic carbocycles. The van der Waals surface area contributed by atoms with Gasteiger partial charge >= 0.3 is 0 Å². The van der Waals surface area contributed by atoms with Crippen LogP contribution in [-0.2, 0) is 6.54 Å². The maximum Gasteiger partial charge on any atom is 0.183 e. The lowest BCUT2D eigenvalue weighted by Gasteiger charge is -2.21. The summed E-state index contributed by atoms with van der Waals surface area (Å²) in [6.07, 6.45) is 3.44. The first-order valence-electron chi connectivity index (χ1n) is 5.19. The summed E-state index contributed by atoms with van der Waals surface area (Å²) in [7, 11) is 0. The Balaban J connectivity index is 2.06. The minimum absolute atomic E-state index is 0.482. The molecule has 0 spiro atoms. The van der Waals surface area contributed by atoms with Crippen LogP contribution in [0.3, 0.4) is 0 Å². The van der Waals surface area contributed by atoms with E-state index in [1.807, 2.05) is 0 Å². The van der Waals surface area contributed by atoms with Crippen molar-refractivity contribution in [1.82, 2.24) is 9.88 Å². The number of rotatable bonds is 3. The fourth-order valence-corrected chi connectivity index (χ4v) is 2.65. The predicted octanol–water partition coefficient (Wildman–Crippen LogP) is 2.79. The minimum atomic E-state index is 0.482. The Labute approximate surface area is 103 Å². The van der Waals surface area contributed by atoms with Gasteiger partial charge in [0.1, 0.15) is 11.7 Å². The van der Waals surface area contributed by atoms with E-state index in [1.54, 1.807) is 6.20 Å². The smallest absolute Gasteiger partial charge is 0.183 e. The average molecular weight is 257 g/mol. The van der Waals surface area contributed by atoms with Crippen LogP contribution in [0.15, 0.2) is 11.2 Å². The van der Waals surface area contributed by atoms with Gasteiger partial charge in [-0.3, -0.25) is 5.41 Å². The molecule has 1 aliphatic rings. The average Bonchev–Trinajstić information content (AvgIpc) is 2.84. The van der Waals surface area contributed by atoms with E-state index in [9.17, 15) is 0 Å². The van der Waals surface area contributed by atoms with Crippen LogP contribution in [-0.4, -0.2) is 28.1 Å². The zero-order valence-electron chi connectivity index (χ0n) is 9.03. The molecule has 86 valence electrons. The third kappa shape index (κ3) is 2.59. The first kappa shape index (κ1) is 11.5. The second kappa shape index (κ2) is 4.93. The van der Waals surface area contributed by atoms with Crippen LogP contribution in [0.25, 0.3) is 0 Å². The van der Waals surface area contributed by atoms with Crippen molar-refractivity contribution in [1.29, 1.82) is 5.41 Å². The van der Waals surface area contributed by atoms with Crippen LogP contribution in [0.2, 0.25) is 4.47 Å². The van der Waals surface area contributed by atoms with Gasteiger partial charge in [0.15, 0.2) is 4.47 Å². The molecule has 6 heteroatoms. The first-order valence-corrected chi connectivity index (χ1v) is 6.38. The molecule has 0 radical (unpaired) electrons. The van der Waals surface area contributed by atoms with Crippen LogP contribution in [0.1, 0.15) is 24.6 Å². The molecule has 0 aromatic carbocycles. The molecule has 1 N–H and O–H groups in total. The molecule has 1 aliphatic heterocycles. The number of thiazole rings is 1. The van der Waals surface area contributed by atoms with Gasteiger partial charge in [0.05, 0.1) is 6.54 Å². The second-order valence-electron chi connectivity index (χ2n) is 3.57. The quantitative estimate of drug-likeness (QED) is 0.904. The molecule has 0 saturated carbocycles. The Kier molecular flexibility index (Phi) is 3.56. The van der Waals surface area contributed by atoms with E-state index in [0.717, 1.165) is 36.6 Å². The molecule has 0 fully saturated rings. The lowest BCUT2D eigenvalue weighted by molar-refractivity contribution is 0.433. The fourth-order valence-electron chi connectivity index (χ4n) is 1.66. The van der Waals surface area contributed by atoms with Gasteiger partial charge in [-0.15, -0.1) is 11.3 Å². The lowest BCUT2D eigenvalue weighted by Crippen LogP contribution is -2.28. The maximum absolute atomic E-state index is 7.49. The molecule has 2 rings (SSSR count). The molecule has 1 aromatic heterocycles. The van der Waals surface area contributed by atoms with Crippen molar-refractivity contribution in [2.75, 3.05) is 6.54 Å². The summed E-state index contributed by atoms with van der Waals surface area (Å²) in [5.74, 6) is 1.49. The van der Waals surface area contributed by atoms with E-state index in [0.29, 0.717) is 10.3 Å². The number of nitrogens with one attached hydrogen (secondary N) is 1. The molecular formula is C10H13ClN4S. The monoisotopic (exact) mass is 256 g/mol. The largest absolute Gasteiger partial charge is 0.355 e. The summed E-state index contributed by atoms with van der Waals surface area (Å²) in [6, 6.07) is 0. The van der Waals surface area contributed by atoms with E-state index >= 15 is 0 Å². The van der Waals surface area contributed by atoms with Crippen molar-refractivity contribution in [2.45, 2.75) is 26.3 Å². The summed E-state index contributed by atoms with van der Waals surface area (Å²) in [5, 5.41) is 7.49. The van der Waals surface area contributed by atoms with Gasteiger partial charge in [0.25, 0.3) is 0 Å². The van der Waals surface area contributed by atoms with Crippen molar-refractivity contribution in [3.63, 3.8) is 0 Å². The third-order valence-corrected chi connectivity index (χ3v) is 3.57. The lowest BCUT2D eigenvalue weighted by atomic mass is 10.3. The molecule has 0 amide bonds. The number of halogens is 1. The van der Waals surface area contributed by atoms with E-state index in [1.165, 1.54) is 11.3 Å². The number of nitrogens with zero attached hydrogens (tertiary/aromatic N) is 3. The van der Waals surface area contributed by atoms with E-state index < -0.39 is 0 Å². The standard InChI is InChI=1S/C10H13ClN4S/c1-2-15(9-4-3-8(12)14-9)6-7-5-13-10(11)16-7/h5,12H,2-4,6H2,1H3. The zero-order chi connectivity index (χ0) is 11.5. The minimum Gasteiger partial charge on any atom is -0.355 e. The number of hydrogen-bond acceptors (Lipinski definition) is 4. The first-order chi connectivity index (χ1) is 7.69. The number of aromatic nitrogens is 1. The van der Waals surface area contributed by atoms with Gasteiger partial charge in [-0.1, -0.05) is 11.6 Å². The number of amidine groups is 2. The summed E-state index contributed by atoms with van der Waals surface area (Å²) in [6.45, 7) is 3.77. The summed E-state index contributed by atoms with van der Waals surface area (Å²) in [5.41, 5.74) is 0. The molecule has 0 unspecified atom stereocenters. The highest BCUT2D eigenvalue weighted by Gasteiger charge is 2.17. The Morgan fingerprint density at radius 2 is 2.38 bits per heavy atom. The number of aliphatic imine (C=N–C) groups is 1. The Morgan fingerprint density at radius 3 is 2.88 bits per heavy atom. The Hall–Kier alpha value is -0.940. The van der Waals surface area contributed by atoms with Crippen molar-refractivity contribution in [2.24, 2.45) is 4.99 Å². The maximum atomic E-state index is 7.49. The highest BCUT2D eigenvalue weighted by molar-refractivity contribution is 7.15. The highest BCUT2D eigenvalue weighted by atomic mass is 35.5. The van der Waals surface area contributed by atoms with Gasteiger partial charge in [-0.25, -0.2) is 9.98 Å². The van der Waals surface area contributed by atoms with Crippen molar-refractivity contribution >= 4 is 34.6 Å². The highest BCUT2D eigenvalue weighted by Crippen LogP contribution is 2.21. The van der Waals surface area contributed by atoms with Gasteiger partial charge in [-0.05, 0) is 6.92 Å². The van der Waals surface area contributed by atoms with Crippen LogP contribution >= 0.6 is 22.9 Å². The van der Waals surface area contributed by atoms with Crippen molar-refractivity contribution in [3.8, 4) is 0 Å². The molecule has 4 nitrogen and oxygen atoms in total. The van der Waals surface area contributed by atoms with Crippen LogP contribution in [0.5, 0.6) is 0 Å². The zero-order valence-corrected chi connectivity index (χ0v) is 10.6. The van der Waals surface area contributed by atoms with Gasteiger partial charge in [-0.2, -0.15) is 0 Å². The van der Waals surface area contributed by atoms with Crippen LogP contribution in [0.4, 0.5) is 0 Å². The van der Waals surface area contributed by atoms with Gasteiger partial charge in [0.2, 0.25) is 0 Å². The summed E-state index contributed by atoms with van der Waals surface area (Å²) in [4.78, 5) is 11.6. The summed E-state index contributed by atoms with van der Waals surface area (Å²) >= 11 is 7.29. The summed E-state index contributed by atoms with van der Waals surface area (Å²) < 4.78 is 0.576.